The molecule has 186 valence electrons. The zero-order valence-corrected chi connectivity index (χ0v) is 20.3. The molecule has 0 bridgehead atoms. The average molecular weight is 460 g/mol. The van der Waals surface area contributed by atoms with E-state index in [0.29, 0.717) is 23.8 Å². The highest BCUT2D eigenvalue weighted by atomic mass is 15.3. The maximum atomic E-state index is 5.95. The van der Waals surface area contributed by atoms with Crippen molar-refractivity contribution in [1.82, 2.24) is 30.9 Å². The van der Waals surface area contributed by atoms with Crippen molar-refractivity contribution in [3.05, 3.63) is 0 Å². The van der Waals surface area contributed by atoms with Crippen molar-refractivity contribution in [3.8, 4) is 0 Å². The molecule has 0 amide bonds. The van der Waals surface area contributed by atoms with Crippen molar-refractivity contribution in [2.45, 2.75) is 70.3 Å². The van der Waals surface area contributed by atoms with Gasteiger partial charge in [-0.2, -0.15) is 15.0 Å². The molecule has 9 nitrogen and oxygen atoms in total. The van der Waals surface area contributed by atoms with E-state index >= 15 is 0 Å². The molecule has 0 unspecified atom stereocenters. The first kappa shape index (κ1) is 24.4. The summed E-state index contributed by atoms with van der Waals surface area (Å²) in [6, 6.07) is 0.783. The highest BCUT2D eigenvalue weighted by molar-refractivity contribution is 5.42. The van der Waals surface area contributed by atoms with Crippen LogP contribution in [-0.2, 0) is 0 Å². The molecule has 0 aromatic carbocycles. The van der Waals surface area contributed by atoms with Gasteiger partial charge in [-0.05, 0) is 76.4 Å². The van der Waals surface area contributed by atoms with Gasteiger partial charge in [0.15, 0.2) is 0 Å². The number of nitrogens with zero attached hydrogens (tertiary/aromatic N) is 4. The molecule has 2 heterocycles. The molecule has 9 heteroatoms. The second-order valence-corrected chi connectivity index (χ2v) is 10.2. The lowest BCUT2D eigenvalue weighted by Crippen LogP contribution is -2.44. The maximum Gasteiger partial charge on any atom is 0.232 e. The van der Waals surface area contributed by atoms with Gasteiger partial charge >= 0.3 is 0 Å². The average Bonchev–Trinajstić information content (AvgIpc) is 2.86. The van der Waals surface area contributed by atoms with Crippen molar-refractivity contribution >= 4 is 17.8 Å². The summed E-state index contributed by atoms with van der Waals surface area (Å²) in [4.78, 5) is 15.4. The molecule has 3 aliphatic rings. The Kier molecular flexibility index (Phi) is 9.80. The summed E-state index contributed by atoms with van der Waals surface area (Å²) < 4.78 is 0. The van der Waals surface area contributed by atoms with Crippen LogP contribution in [0.15, 0.2) is 0 Å². The van der Waals surface area contributed by atoms with E-state index in [-0.39, 0.29) is 0 Å². The standard InChI is InChI=1S/C24H45N9/c25-22-30-23(32-24(31-22)33-15-13-26-14-16-33)29-18-20-9-7-19(8-10-20)17-27-11-4-12-28-21-5-2-1-3-6-21/h19-21,26-28H,1-18H2,(H3,25,29,30,31,32). The van der Waals surface area contributed by atoms with Crippen LogP contribution in [0.3, 0.4) is 0 Å². The Bertz CT molecular complexity index is 681. The minimum Gasteiger partial charge on any atom is -0.368 e. The third-order valence-corrected chi connectivity index (χ3v) is 7.56. The number of nitrogens with one attached hydrogen (secondary N) is 4. The first-order chi connectivity index (χ1) is 16.3. The van der Waals surface area contributed by atoms with Crippen molar-refractivity contribution in [2.24, 2.45) is 11.8 Å². The zero-order valence-electron chi connectivity index (χ0n) is 20.3. The number of rotatable bonds is 11. The van der Waals surface area contributed by atoms with Crippen molar-refractivity contribution < 1.29 is 0 Å². The second kappa shape index (κ2) is 13.2. The van der Waals surface area contributed by atoms with Crippen LogP contribution in [0.25, 0.3) is 0 Å². The molecule has 2 aliphatic carbocycles. The van der Waals surface area contributed by atoms with Crippen molar-refractivity contribution in [3.63, 3.8) is 0 Å². The Morgan fingerprint density at radius 2 is 1.58 bits per heavy atom. The maximum absolute atomic E-state index is 5.95. The Balaban J connectivity index is 1.07. The van der Waals surface area contributed by atoms with Gasteiger partial charge in [-0.1, -0.05) is 19.3 Å². The lowest BCUT2D eigenvalue weighted by Gasteiger charge is -2.29. The van der Waals surface area contributed by atoms with Crippen molar-refractivity contribution in [2.75, 3.05) is 68.3 Å². The van der Waals surface area contributed by atoms with Crippen LogP contribution in [0.1, 0.15) is 64.2 Å². The first-order valence-electron chi connectivity index (χ1n) is 13.4. The number of nitrogens with two attached hydrogens (primary N) is 1. The molecule has 2 saturated carbocycles. The van der Waals surface area contributed by atoms with E-state index in [0.717, 1.165) is 57.8 Å². The van der Waals surface area contributed by atoms with Gasteiger partial charge < -0.3 is 31.9 Å². The fourth-order valence-electron chi connectivity index (χ4n) is 5.47. The number of hydrogen-bond acceptors (Lipinski definition) is 9. The third-order valence-electron chi connectivity index (χ3n) is 7.56. The van der Waals surface area contributed by atoms with Gasteiger partial charge in [0, 0.05) is 38.8 Å². The highest BCUT2D eigenvalue weighted by Gasteiger charge is 2.22. The third kappa shape index (κ3) is 8.22. The zero-order chi connectivity index (χ0) is 22.7. The normalized spacial score (nSPS) is 24.7. The number of anilines is 3. The SMILES string of the molecule is Nc1nc(NCC2CCC(CNCCCNC3CCCCC3)CC2)nc(N2CCNCC2)n1. The fraction of sp³-hybridized carbons (Fsp3) is 0.875. The molecule has 3 fully saturated rings. The van der Waals surface area contributed by atoms with E-state index in [9.17, 15) is 0 Å². The summed E-state index contributed by atoms with van der Waals surface area (Å²) in [6.07, 6.45) is 13.4. The molecule has 0 radical (unpaired) electrons. The van der Waals surface area contributed by atoms with Gasteiger partial charge in [-0.25, -0.2) is 0 Å². The van der Waals surface area contributed by atoms with Gasteiger partial charge in [-0.3, -0.25) is 0 Å². The minimum absolute atomic E-state index is 0.296. The van der Waals surface area contributed by atoms with E-state index in [2.05, 4.69) is 41.1 Å². The quantitative estimate of drug-likeness (QED) is 0.317. The Morgan fingerprint density at radius 1 is 0.848 bits per heavy atom. The molecule has 0 spiro atoms. The Morgan fingerprint density at radius 3 is 2.33 bits per heavy atom. The largest absolute Gasteiger partial charge is 0.368 e. The molecule has 1 saturated heterocycles. The van der Waals surface area contributed by atoms with E-state index < -0.39 is 0 Å². The summed E-state index contributed by atoms with van der Waals surface area (Å²) in [5.74, 6) is 3.10. The second-order valence-electron chi connectivity index (χ2n) is 10.2. The van der Waals surface area contributed by atoms with Crippen LogP contribution in [0.5, 0.6) is 0 Å². The van der Waals surface area contributed by atoms with Crippen LogP contribution >= 0.6 is 0 Å². The van der Waals surface area contributed by atoms with Crippen LogP contribution in [0.2, 0.25) is 0 Å². The Labute approximate surface area is 199 Å². The highest BCUT2D eigenvalue weighted by Crippen LogP contribution is 2.28. The van der Waals surface area contributed by atoms with E-state index in [1.54, 1.807) is 0 Å². The van der Waals surface area contributed by atoms with Crippen LogP contribution in [0, 0.1) is 11.8 Å². The van der Waals surface area contributed by atoms with Gasteiger partial charge in [0.05, 0.1) is 0 Å². The Hall–Kier alpha value is -1.71. The number of piperazine rings is 1. The molecule has 6 N–H and O–H groups in total. The first-order valence-corrected chi connectivity index (χ1v) is 13.4. The molecule has 1 aromatic heterocycles. The summed E-state index contributed by atoms with van der Waals surface area (Å²) >= 11 is 0. The van der Waals surface area contributed by atoms with Crippen LogP contribution in [-0.4, -0.2) is 73.4 Å². The van der Waals surface area contributed by atoms with Gasteiger partial charge in [0.1, 0.15) is 0 Å². The predicted octanol–water partition coefficient (Wildman–Crippen LogP) is 1.98. The summed E-state index contributed by atoms with van der Waals surface area (Å²) in [6.45, 7) is 8.08. The molecule has 4 rings (SSSR count). The summed E-state index contributed by atoms with van der Waals surface area (Å²) in [5.41, 5.74) is 5.95. The summed E-state index contributed by atoms with van der Waals surface area (Å²) in [7, 11) is 0. The number of nitrogen functional groups attached to an aromatic ring is 1. The smallest absolute Gasteiger partial charge is 0.232 e. The van der Waals surface area contributed by atoms with Crippen LogP contribution < -0.4 is 31.9 Å². The van der Waals surface area contributed by atoms with E-state index in [4.69, 9.17) is 5.73 Å². The molecule has 0 atom stereocenters. The van der Waals surface area contributed by atoms with Gasteiger partial charge in [0.25, 0.3) is 0 Å². The molecule has 1 aromatic rings. The topological polar surface area (TPSA) is 116 Å². The number of hydrogen-bond donors (Lipinski definition) is 5. The minimum atomic E-state index is 0.296. The molecular formula is C24H45N9. The number of aromatic nitrogens is 3. The molecular weight excluding hydrogens is 414 g/mol. The fourth-order valence-corrected chi connectivity index (χ4v) is 5.47. The lowest BCUT2D eigenvalue weighted by atomic mass is 9.82. The summed E-state index contributed by atoms with van der Waals surface area (Å²) in [5, 5.41) is 14.2. The molecule has 33 heavy (non-hydrogen) atoms. The van der Waals surface area contributed by atoms with Crippen molar-refractivity contribution in [1.29, 1.82) is 0 Å². The monoisotopic (exact) mass is 459 g/mol. The van der Waals surface area contributed by atoms with E-state index in [1.165, 1.54) is 70.8 Å². The predicted molar refractivity (Wildman–Crippen MR) is 136 cm³/mol. The van der Waals surface area contributed by atoms with Gasteiger partial charge in [0.2, 0.25) is 17.8 Å². The van der Waals surface area contributed by atoms with E-state index in [1.807, 2.05) is 0 Å². The van der Waals surface area contributed by atoms with Gasteiger partial charge in [-0.15, -0.1) is 0 Å². The van der Waals surface area contributed by atoms with Crippen LogP contribution in [0.4, 0.5) is 17.8 Å². The molecule has 1 aliphatic heterocycles. The lowest BCUT2D eigenvalue weighted by molar-refractivity contribution is 0.275.